The first kappa shape index (κ1) is 19.1. The van der Waals surface area contributed by atoms with Gasteiger partial charge in [-0.2, -0.15) is 0 Å². The first-order chi connectivity index (χ1) is 13.6. The van der Waals surface area contributed by atoms with Gasteiger partial charge in [-0.15, -0.1) is 0 Å². The second-order valence-electron chi connectivity index (χ2n) is 7.21. The Bertz CT molecular complexity index is 1120. The predicted octanol–water partition coefficient (Wildman–Crippen LogP) is -0.149. The van der Waals surface area contributed by atoms with Crippen molar-refractivity contribution < 1.29 is 45.0 Å². The molecule has 9 heteroatoms. The minimum absolute atomic E-state index is 0.185. The van der Waals surface area contributed by atoms with Gasteiger partial charge >= 0.3 is 0 Å². The fraction of sp³-hybridized carbons (Fsp3) is 0.250. The summed E-state index contributed by atoms with van der Waals surface area (Å²) in [4.78, 5) is 37.8. The van der Waals surface area contributed by atoms with Gasteiger partial charge in [-0.05, 0) is 6.07 Å². The van der Waals surface area contributed by atoms with Crippen molar-refractivity contribution in [2.45, 2.75) is 24.5 Å². The van der Waals surface area contributed by atoms with Crippen molar-refractivity contribution in [1.82, 2.24) is 0 Å². The number of aliphatic hydroxyl groups excluding tert-OH is 2. The second-order valence-corrected chi connectivity index (χ2v) is 7.21. The maximum atomic E-state index is 12.9. The standard InChI is InChI=1S/C20H16O9/c21-6-11(24)20(29)4-8-13(10(23)5-20)19(28)15-14(17(8)26)16(25)7-2-1-3-9(22)12(7)18(15)27/h1-3,10,21-23,26,28-29H,4-6H2/t10-,20+/m1/s1. The number of carbonyl (C=O) groups is 3. The molecular formula is C20H16O9. The molecule has 0 aromatic heterocycles. The normalized spacial score (nSPS) is 22.7. The summed E-state index contributed by atoms with van der Waals surface area (Å²) in [6, 6.07) is 3.80. The third-order valence-corrected chi connectivity index (χ3v) is 5.55. The van der Waals surface area contributed by atoms with Crippen LogP contribution < -0.4 is 0 Å². The second kappa shape index (κ2) is 6.11. The number of phenolic OH excluding ortho intramolecular Hbond substituents is 3. The smallest absolute Gasteiger partial charge is 0.202 e. The van der Waals surface area contributed by atoms with E-state index < -0.39 is 76.9 Å². The molecule has 2 aromatic carbocycles. The molecule has 0 radical (unpaired) electrons. The summed E-state index contributed by atoms with van der Waals surface area (Å²) in [5, 5.41) is 61.5. The van der Waals surface area contributed by atoms with E-state index in [1.807, 2.05) is 0 Å². The third kappa shape index (κ3) is 2.42. The number of benzene rings is 2. The number of phenols is 3. The highest BCUT2D eigenvalue weighted by atomic mass is 16.3. The van der Waals surface area contributed by atoms with Gasteiger partial charge in [-0.3, -0.25) is 14.4 Å². The molecule has 2 aromatic rings. The summed E-state index contributed by atoms with van der Waals surface area (Å²) in [6.45, 7) is -1.01. The van der Waals surface area contributed by atoms with Crippen LogP contribution in [0.2, 0.25) is 0 Å². The molecule has 4 rings (SSSR count). The van der Waals surface area contributed by atoms with Crippen molar-refractivity contribution in [3.05, 3.63) is 51.6 Å². The van der Waals surface area contributed by atoms with E-state index in [4.69, 9.17) is 5.11 Å². The summed E-state index contributed by atoms with van der Waals surface area (Å²) in [6.07, 6.45) is -2.83. The van der Waals surface area contributed by atoms with E-state index in [1.165, 1.54) is 18.2 Å². The van der Waals surface area contributed by atoms with E-state index in [2.05, 4.69) is 0 Å². The quantitative estimate of drug-likeness (QED) is 0.320. The molecule has 2 aliphatic rings. The number of aromatic hydroxyl groups is 3. The molecule has 0 bridgehead atoms. The van der Waals surface area contributed by atoms with Crippen molar-refractivity contribution in [3.63, 3.8) is 0 Å². The zero-order valence-electron chi connectivity index (χ0n) is 14.8. The molecule has 0 fully saturated rings. The van der Waals surface area contributed by atoms with Crippen LogP contribution in [0.25, 0.3) is 0 Å². The van der Waals surface area contributed by atoms with Gasteiger partial charge in [0.2, 0.25) is 5.78 Å². The molecule has 150 valence electrons. The molecule has 0 saturated heterocycles. The van der Waals surface area contributed by atoms with Crippen molar-refractivity contribution in [2.24, 2.45) is 0 Å². The number of carbonyl (C=O) groups excluding carboxylic acids is 3. The number of Topliss-reactive ketones (excluding diaryl/α,β-unsaturated/α-hetero) is 1. The van der Waals surface area contributed by atoms with E-state index in [1.54, 1.807) is 0 Å². The van der Waals surface area contributed by atoms with E-state index in [0.29, 0.717) is 0 Å². The lowest BCUT2D eigenvalue weighted by molar-refractivity contribution is -0.145. The summed E-state index contributed by atoms with van der Waals surface area (Å²) >= 11 is 0. The largest absolute Gasteiger partial charge is 0.507 e. The van der Waals surface area contributed by atoms with Gasteiger partial charge in [0.1, 0.15) is 29.5 Å². The lowest BCUT2D eigenvalue weighted by Gasteiger charge is -2.36. The molecule has 0 amide bonds. The Labute approximate surface area is 163 Å². The highest BCUT2D eigenvalue weighted by molar-refractivity contribution is 6.31. The molecule has 0 heterocycles. The summed E-state index contributed by atoms with van der Waals surface area (Å²) < 4.78 is 0. The minimum Gasteiger partial charge on any atom is -0.507 e. The van der Waals surface area contributed by atoms with Crippen LogP contribution >= 0.6 is 0 Å². The van der Waals surface area contributed by atoms with E-state index in [0.717, 1.165) is 0 Å². The molecule has 29 heavy (non-hydrogen) atoms. The number of aliphatic hydroxyl groups is 3. The average Bonchev–Trinajstić information content (AvgIpc) is 2.67. The van der Waals surface area contributed by atoms with Crippen molar-refractivity contribution >= 4 is 17.3 Å². The van der Waals surface area contributed by atoms with Gasteiger partial charge in [-0.25, -0.2) is 0 Å². The number of hydrogen-bond donors (Lipinski definition) is 6. The van der Waals surface area contributed by atoms with Gasteiger partial charge in [0.25, 0.3) is 0 Å². The SMILES string of the molecule is O=C1c2cccc(O)c2C(=O)c2c(O)c3c(c(O)c21)C[C@@](O)(C(=O)CO)C[C@H]3O. The number of hydrogen-bond acceptors (Lipinski definition) is 9. The van der Waals surface area contributed by atoms with Crippen LogP contribution in [0.3, 0.4) is 0 Å². The van der Waals surface area contributed by atoms with Crippen molar-refractivity contribution in [2.75, 3.05) is 6.61 Å². The van der Waals surface area contributed by atoms with Crippen LogP contribution in [0, 0.1) is 0 Å². The Morgan fingerprint density at radius 1 is 1.03 bits per heavy atom. The Kier molecular flexibility index (Phi) is 4.02. The molecule has 2 atom stereocenters. The average molecular weight is 400 g/mol. The van der Waals surface area contributed by atoms with E-state index in [-0.39, 0.29) is 22.3 Å². The van der Waals surface area contributed by atoms with Gasteiger partial charge in [-0.1, -0.05) is 12.1 Å². The highest BCUT2D eigenvalue weighted by Crippen LogP contribution is 2.50. The number of ketones is 3. The van der Waals surface area contributed by atoms with Gasteiger partial charge in [0, 0.05) is 29.5 Å². The fourth-order valence-corrected chi connectivity index (χ4v) is 4.15. The molecule has 0 aliphatic heterocycles. The predicted molar refractivity (Wildman–Crippen MR) is 95.1 cm³/mol. The van der Waals surface area contributed by atoms with Crippen molar-refractivity contribution in [3.8, 4) is 17.2 Å². The van der Waals surface area contributed by atoms with Crippen molar-refractivity contribution in [1.29, 1.82) is 0 Å². The van der Waals surface area contributed by atoms with E-state index in [9.17, 15) is 39.9 Å². The monoisotopic (exact) mass is 400 g/mol. The zero-order chi connectivity index (χ0) is 21.2. The Balaban J connectivity index is 2.01. The molecule has 6 N–H and O–H groups in total. The molecule has 9 nitrogen and oxygen atoms in total. The van der Waals surface area contributed by atoms with Gasteiger partial charge in [0.15, 0.2) is 11.6 Å². The first-order valence-corrected chi connectivity index (χ1v) is 8.69. The van der Waals surface area contributed by atoms with Crippen LogP contribution in [0.15, 0.2) is 18.2 Å². The van der Waals surface area contributed by atoms with Gasteiger partial charge < -0.3 is 30.6 Å². The maximum Gasteiger partial charge on any atom is 0.202 e. The fourth-order valence-electron chi connectivity index (χ4n) is 4.15. The zero-order valence-corrected chi connectivity index (χ0v) is 14.8. The number of rotatable bonds is 2. The molecular weight excluding hydrogens is 384 g/mol. The topological polar surface area (TPSA) is 173 Å². The maximum absolute atomic E-state index is 12.9. The lowest BCUT2D eigenvalue weighted by atomic mass is 9.72. The van der Waals surface area contributed by atoms with Crippen LogP contribution in [0.4, 0.5) is 0 Å². The molecule has 2 aliphatic carbocycles. The van der Waals surface area contributed by atoms with Crippen LogP contribution in [-0.2, 0) is 11.2 Å². The Morgan fingerprint density at radius 2 is 1.69 bits per heavy atom. The Hall–Kier alpha value is -3.27. The summed E-state index contributed by atoms with van der Waals surface area (Å²) in [7, 11) is 0. The molecule has 0 spiro atoms. The lowest BCUT2D eigenvalue weighted by Crippen LogP contribution is -2.47. The van der Waals surface area contributed by atoms with E-state index >= 15 is 0 Å². The summed E-state index contributed by atoms with van der Waals surface area (Å²) in [5.74, 6) is -4.78. The van der Waals surface area contributed by atoms with Crippen LogP contribution in [0.1, 0.15) is 55.5 Å². The first-order valence-electron chi connectivity index (χ1n) is 8.69. The molecule has 0 unspecified atom stereocenters. The Morgan fingerprint density at radius 3 is 2.34 bits per heavy atom. The van der Waals surface area contributed by atoms with Crippen LogP contribution in [-0.4, -0.2) is 60.2 Å². The minimum atomic E-state index is -2.22. The highest BCUT2D eigenvalue weighted by Gasteiger charge is 2.48. The third-order valence-electron chi connectivity index (χ3n) is 5.55. The number of fused-ring (bicyclic) bond motifs is 3. The van der Waals surface area contributed by atoms with Gasteiger partial charge in [0.05, 0.1) is 22.8 Å². The van der Waals surface area contributed by atoms with Crippen LogP contribution in [0.5, 0.6) is 17.2 Å². The molecule has 0 saturated carbocycles. The summed E-state index contributed by atoms with van der Waals surface area (Å²) in [5.41, 5.74) is -4.43.